The molecule has 0 amide bonds. The van der Waals surface area contributed by atoms with E-state index in [4.69, 9.17) is 4.74 Å². The van der Waals surface area contributed by atoms with Crippen molar-refractivity contribution in [1.82, 2.24) is 0 Å². The van der Waals surface area contributed by atoms with E-state index < -0.39 is 18.1 Å². The lowest BCUT2D eigenvalue weighted by Crippen LogP contribution is -2.39. The first-order chi connectivity index (χ1) is 10.7. The minimum atomic E-state index is -3.05. The zero-order valence-corrected chi connectivity index (χ0v) is 15.1. The van der Waals surface area contributed by atoms with Gasteiger partial charge in [0.25, 0.3) is 0 Å². The van der Waals surface area contributed by atoms with E-state index in [1.54, 1.807) is 13.8 Å². The van der Waals surface area contributed by atoms with Crippen LogP contribution in [0, 0.1) is 0 Å². The van der Waals surface area contributed by atoms with Crippen LogP contribution in [0.3, 0.4) is 0 Å². The average Bonchev–Trinajstić information content (AvgIpc) is 2.53. The molecule has 124 valence electrons. The first-order valence-electron chi connectivity index (χ1n) is 7.74. The fraction of sp³-hybridized carbons (Fsp3) is 0.368. The summed E-state index contributed by atoms with van der Waals surface area (Å²) < 4.78 is 20.1. The summed E-state index contributed by atoms with van der Waals surface area (Å²) in [5, 5.41) is 10.6. The zero-order chi connectivity index (χ0) is 17.1. The van der Waals surface area contributed by atoms with Gasteiger partial charge in [-0.25, -0.2) is 0 Å². The number of rotatable bonds is 6. The predicted molar refractivity (Wildman–Crippen MR) is 96.1 cm³/mol. The highest BCUT2D eigenvalue weighted by Gasteiger charge is 2.44. The molecule has 0 bridgehead atoms. The fourth-order valence-corrected chi connectivity index (χ4v) is 5.46. The second-order valence-electron chi connectivity index (χ2n) is 6.83. The summed E-state index contributed by atoms with van der Waals surface area (Å²) in [5.74, 6) is 0. The zero-order valence-electron chi connectivity index (χ0n) is 14.2. The summed E-state index contributed by atoms with van der Waals surface area (Å²) in [4.78, 5) is 0. The Balaban J connectivity index is 2.53. The van der Waals surface area contributed by atoms with Gasteiger partial charge in [-0.05, 0) is 27.7 Å². The van der Waals surface area contributed by atoms with Gasteiger partial charge in [0.05, 0.1) is 12.2 Å². The van der Waals surface area contributed by atoms with Crippen molar-refractivity contribution in [2.45, 2.75) is 38.6 Å². The van der Waals surface area contributed by atoms with Crippen LogP contribution in [0.25, 0.3) is 0 Å². The molecule has 3 nitrogen and oxygen atoms in total. The number of hydrogen-bond acceptors (Lipinski definition) is 3. The van der Waals surface area contributed by atoms with Crippen molar-refractivity contribution in [3.8, 4) is 0 Å². The number of benzene rings is 2. The SMILES string of the molecule is CC(C)(O)COC(C)(C)P(=O)(c1ccccc1)c1ccccc1. The molecule has 0 aliphatic rings. The van der Waals surface area contributed by atoms with E-state index in [-0.39, 0.29) is 6.61 Å². The molecule has 0 saturated heterocycles. The molecular formula is C19H25O3P. The highest BCUT2D eigenvalue weighted by atomic mass is 31.2. The van der Waals surface area contributed by atoms with Crippen molar-refractivity contribution in [3.63, 3.8) is 0 Å². The normalized spacial score (nSPS) is 13.1. The monoisotopic (exact) mass is 332 g/mol. The molecule has 23 heavy (non-hydrogen) atoms. The van der Waals surface area contributed by atoms with Gasteiger partial charge in [-0.1, -0.05) is 60.7 Å². The fourth-order valence-electron chi connectivity index (χ4n) is 2.49. The second-order valence-corrected chi connectivity index (χ2v) is 10.2. The minimum Gasteiger partial charge on any atom is -0.388 e. The Bertz CT molecular complexity index is 629. The standard InChI is InChI=1S/C19H25O3P/c1-18(2,20)15-22-19(3,4)23(21,16-11-7-5-8-12-16)17-13-9-6-10-14-17/h5-14,20H,15H2,1-4H3. The van der Waals surface area contributed by atoms with Gasteiger partial charge in [-0.3, -0.25) is 0 Å². The van der Waals surface area contributed by atoms with Crippen LogP contribution in [-0.2, 0) is 9.30 Å². The van der Waals surface area contributed by atoms with Crippen LogP contribution in [0.2, 0.25) is 0 Å². The third-order valence-electron chi connectivity index (χ3n) is 3.78. The molecule has 0 heterocycles. The summed E-state index contributed by atoms with van der Waals surface area (Å²) in [6.07, 6.45) is 0. The first-order valence-corrected chi connectivity index (χ1v) is 9.45. The number of hydrogen-bond donors (Lipinski definition) is 1. The van der Waals surface area contributed by atoms with Gasteiger partial charge >= 0.3 is 0 Å². The molecule has 4 heteroatoms. The van der Waals surface area contributed by atoms with Gasteiger partial charge in [0.1, 0.15) is 5.34 Å². The van der Waals surface area contributed by atoms with E-state index in [9.17, 15) is 9.67 Å². The van der Waals surface area contributed by atoms with Crippen LogP contribution >= 0.6 is 7.14 Å². The summed E-state index contributed by atoms with van der Waals surface area (Å²) >= 11 is 0. The van der Waals surface area contributed by atoms with Crippen LogP contribution in [0.1, 0.15) is 27.7 Å². The van der Waals surface area contributed by atoms with Crippen molar-refractivity contribution >= 4 is 17.8 Å². The Kier molecular flexibility index (Phi) is 5.15. The van der Waals surface area contributed by atoms with Crippen LogP contribution in [-0.4, -0.2) is 22.7 Å². The van der Waals surface area contributed by atoms with Gasteiger partial charge in [-0.2, -0.15) is 0 Å². The summed E-state index contributed by atoms with van der Waals surface area (Å²) in [5.41, 5.74) is -0.977. The molecule has 0 radical (unpaired) electrons. The van der Waals surface area contributed by atoms with E-state index >= 15 is 0 Å². The Morgan fingerprint density at radius 2 is 1.26 bits per heavy atom. The van der Waals surface area contributed by atoms with Crippen LogP contribution in [0.15, 0.2) is 60.7 Å². The molecular weight excluding hydrogens is 307 g/mol. The molecule has 0 aliphatic carbocycles. The van der Waals surface area contributed by atoms with E-state index in [1.165, 1.54) is 0 Å². The molecule has 2 aromatic carbocycles. The van der Waals surface area contributed by atoms with E-state index in [0.29, 0.717) is 0 Å². The van der Waals surface area contributed by atoms with Gasteiger partial charge in [0.2, 0.25) is 0 Å². The molecule has 0 aliphatic heterocycles. The molecule has 0 fully saturated rings. The van der Waals surface area contributed by atoms with Gasteiger partial charge in [0.15, 0.2) is 7.14 Å². The molecule has 1 N–H and O–H groups in total. The largest absolute Gasteiger partial charge is 0.388 e. The smallest absolute Gasteiger partial charge is 0.172 e. The van der Waals surface area contributed by atoms with Crippen LogP contribution in [0.5, 0.6) is 0 Å². The predicted octanol–water partition coefficient (Wildman–Crippen LogP) is 3.52. The third-order valence-corrected chi connectivity index (χ3v) is 7.47. The second kappa shape index (κ2) is 6.60. The highest BCUT2D eigenvalue weighted by molar-refractivity contribution is 7.79. The van der Waals surface area contributed by atoms with Crippen molar-refractivity contribution in [1.29, 1.82) is 0 Å². The number of ether oxygens (including phenoxy) is 1. The molecule has 0 unspecified atom stereocenters. The van der Waals surface area contributed by atoms with Crippen LogP contribution in [0.4, 0.5) is 0 Å². The lowest BCUT2D eigenvalue weighted by molar-refractivity contribution is -0.0578. The Morgan fingerprint density at radius 1 is 0.870 bits per heavy atom. The molecule has 2 aromatic rings. The van der Waals surface area contributed by atoms with Crippen molar-refractivity contribution in [3.05, 3.63) is 60.7 Å². The van der Waals surface area contributed by atoms with Crippen molar-refractivity contribution in [2.24, 2.45) is 0 Å². The summed E-state index contributed by atoms with van der Waals surface area (Å²) in [6, 6.07) is 18.9. The molecule has 2 rings (SSSR count). The van der Waals surface area contributed by atoms with Crippen molar-refractivity contribution in [2.75, 3.05) is 6.61 Å². The molecule has 0 spiro atoms. The molecule has 0 aromatic heterocycles. The Hall–Kier alpha value is -1.41. The summed E-state index contributed by atoms with van der Waals surface area (Å²) in [6.45, 7) is 7.14. The van der Waals surface area contributed by atoms with Crippen molar-refractivity contribution < 1.29 is 14.4 Å². The lowest BCUT2D eigenvalue weighted by atomic mass is 10.2. The van der Waals surface area contributed by atoms with E-state index in [1.807, 2.05) is 74.5 Å². The van der Waals surface area contributed by atoms with E-state index in [2.05, 4.69) is 0 Å². The van der Waals surface area contributed by atoms with Gasteiger partial charge < -0.3 is 14.4 Å². The highest BCUT2D eigenvalue weighted by Crippen LogP contribution is 2.56. The maximum absolute atomic E-state index is 14.1. The first kappa shape index (κ1) is 17.9. The Morgan fingerprint density at radius 3 is 1.61 bits per heavy atom. The molecule has 0 atom stereocenters. The quantitative estimate of drug-likeness (QED) is 0.823. The topological polar surface area (TPSA) is 46.5 Å². The minimum absolute atomic E-state index is 0.115. The third kappa shape index (κ3) is 3.92. The summed E-state index contributed by atoms with van der Waals surface area (Å²) in [7, 11) is -3.05. The number of aliphatic hydroxyl groups is 1. The Labute approximate surface area is 138 Å². The maximum atomic E-state index is 14.1. The van der Waals surface area contributed by atoms with Gasteiger partial charge in [0, 0.05) is 10.6 Å². The van der Waals surface area contributed by atoms with E-state index in [0.717, 1.165) is 10.6 Å². The van der Waals surface area contributed by atoms with Gasteiger partial charge in [-0.15, -0.1) is 0 Å². The average molecular weight is 332 g/mol. The maximum Gasteiger partial charge on any atom is 0.172 e. The van der Waals surface area contributed by atoms with Crippen LogP contribution < -0.4 is 10.6 Å². The lowest BCUT2D eigenvalue weighted by Gasteiger charge is -2.37. The molecule has 0 saturated carbocycles.